The first-order valence-corrected chi connectivity index (χ1v) is 9.04. The van der Waals surface area contributed by atoms with Gasteiger partial charge in [-0.3, -0.25) is 0 Å². The predicted octanol–water partition coefficient (Wildman–Crippen LogP) is 1.71. The van der Waals surface area contributed by atoms with Gasteiger partial charge in [-0.1, -0.05) is 13.8 Å². The second-order valence-corrected chi connectivity index (χ2v) is 7.19. The Labute approximate surface area is 129 Å². The molecule has 0 saturated heterocycles. The quantitative estimate of drug-likeness (QED) is 0.731. The molecule has 0 aliphatic carbocycles. The first-order chi connectivity index (χ1) is 9.93. The highest BCUT2D eigenvalue weighted by molar-refractivity contribution is 7.89. The van der Waals surface area contributed by atoms with E-state index in [1.165, 1.54) is 17.5 Å². The smallest absolute Gasteiger partial charge is 0.349 e. The van der Waals surface area contributed by atoms with Gasteiger partial charge in [0, 0.05) is 12.6 Å². The molecule has 0 bridgehead atoms. The lowest BCUT2D eigenvalue weighted by molar-refractivity contribution is 0.0602. The fourth-order valence-electron chi connectivity index (χ4n) is 2.16. The van der Waals surface area contributed by atoms with Gasteiger partial charge < -0.3 is 9.84 Å². The minimum atomic E-state index is -3.85. The maximum absolute atomic E-state index is 12.8. The van der Waals surface area contributed by atoms with E-state index in [2.05, 4.69) is 4.74 Å². The molecule has 21 heavy (non-hydrogen) atoms. The Kier molecular flexibility index (Phi) is 6.79. The van der Waals surface area contributed by atoms with Crippen molar-refractivity contribution in [3.05, 3.63) is 16.3 Å². The van der Waals surface area contributed by atoms with Crippen LogP contribution in [0, 0.1) is 0 Å². The highest BCUT2D eigenvalue weighted by Crippen LogP contribution is 2.28. The summed E-state index contributed by atoms with van der Waals surface area (Å²) in [5.74, 6) is -0.669. The van der Waals surface area contributed by atoms with E-state index in [0.717, 1.165) is 11.3 Å². The van der Waals surface area contributed by atoms with Gasteiger partial charge in [-0.25, -0.2) is 13.2 Å². The normalized spacial score (nSPS) is 12.1. The molecule has 0 fully saturated rings. The minimum absolute atomic E-state index is 0.00510. The number of hydrogen-bond donors (Lipinski definition) is 1. The lowest BCUT2D eigenvalue weighted by Gasteiger charge is -2.28. The van der Waals surface area contributed by atoms with Crippen molar-refractivity contribution in [1.29, 1.82) is 0 Å². The molecule has 0 unspecified atom stereocenters. The van der Waals surface area contributed by atoms with E-state index in [9.17, 15) is 13.2 Å². The molecule has 0 aromatic carbocycles. The molecular formula is C13H21NO5S2. The Morgan fingerprint density at radius 2 is 2.05 bits per heavy atom. The molecule has 1 heterocycles. The lowest BCUT2D eigenvalue weighted by Crippen LogP contribution is -2.41. The number of hydrogen-bond acceptors (Lipinski definition) is 6. The summed E-state index contributed by atoms with van der Waals surface area (Å²) in [6.07, 6.45) is 1.26. The fraction of sp³-hybridized carbons (Fsp3) is 0.615. The summed E-state index contributed by atoms with van der Waals surface area (Å²) in [6.45, 7) is 3.52. The second kappa shape index (κ2) is 7.88. The predicted molar refractivity (Wildman–Crippen MR) is 81.0 cm³/mol. The van der Waals surface area contributed by atoms with Crippen LogP contribution in [0.4, 0.5) is 0 Å². The standard InChI is InChI=1S/C13H21NO5S2/c1-4-10(5-2)14(7-8-15)21(17,18)11-6-9-20-12(11)13(16)19-3/h6,9-10,15H,4-5,7-8H2,1-3H3. The molecule has 8 heteroatoms. The van der Waals surface area contributed by atoms with Gasteiger partial charge in [0.1, 0.15) is 9.77 Å². The average molecular weight is 335 g/mol. The fourth-order valence-corrected chi connectivity index (χ4v) is 5.24. The Balaban J connectivity index is 3.30. The molecule has 6 nitrogen and oxygen atoms in total. The Morgan fingerprint density at radius 1 is 1.43 bits per heavy atom. The van der Waals surface area contributed by atoms with E-state index in [4.69, 9.17) is 5.11 Å². The Hall–Kier alpha value is -0.960. The molecule has 1 rings (SSSR count). The number of thiophene rings is 1. The van der Waals surface area contributed by atoms with Crippen molar-refractivity contribution >= 4 is 27.3 Å². The SMILES string of the molecule is CCC(CC)N(CCO)S(=O)(=O)c1ccsc1C(=O)OC. The van der Waals surface area contributed by atoms with Crippen LogP contribution in [0.2, 0.25) is 0 Å². The maximum Gasteiger partial charge on any atom is 0.349 e. The van der Waals surface area contributed by atoms with Gasteiger partial charge in [0.2, 0.25) is 10.0 Å². The van der Waals surface area contributed by atoms with Crippen molar-refractivity contribution in [1.82, 2.24) is 4.31 Å². The summed E-state index contributed by atoms with van der Waals surface area (Å²) in [5, 5.41) is 10.7. The van der Waals surface area contributed by atoms with Gasteiger partial charge in [-0.2, -0.15) is 4.31 Å². The number of aliphatic hydroxyl groups is 1. The number of sulfonamides is 1. The topological polar surface area (TPSA) is 83.9 Å². The largest absolute Gasteiger partial charge is 0.465 e. The molecule has 0 atom stereocenters. The molecule has 1 N–H and O–H groups in total. The number of methoxy groups -OCH3 is 1. The second-order valence-electron chi connectivity index (χ2n) is 4.42. The Morgan fingerprint density at radius 3 is 2.52 bits per heavy atom. The average Bonchev–Trinajstić information content (AvgIpc) is 2.97. The zero-order valence-electron chi connectivity index (χ0n) is 12.4. The molecule has 0 aliphatic heterocycles. The zero-order valence-corrected chi connectivity index (χ0v) is 14.0. The van der Waals surface area contributed by atoms with E-state index in [-0.39, 0.29) is 29.0 Å². The number of carbonyl (C=O) groups excluding carboxylic acids is 1. The number of ether oxygens (including phenoxy) is 1. The number of rotatable bonds is 8. The number of esters is 1. The summed E-state index contributed by atoms with van der Waals surface area (Å²) in [4.78, 5) is 11.7. The highest BCUT2D eigenvalue weighted by Gasteiger charge is 2.33. The van der Waals surface area contributed by atoms with Crippen molar-refractivity contribution in [2.45, 2.75) is 37.6 Å². The maximum atomic E-state index is 12.8. The molecule has 0 spiro atoms. The van der Waals surface area contributed by atoms with Crippen molar-refractivity contribution in [2.24, 2.45) is 0 Å². The third-order valence-corrected chi connectivity index (χ3v) is 6.27. The Bertz CT molecular complexity index is 563. The molecule has 120 valence electrons. The molecule has 1 aromatic heterocycles. The summed E-state index contributed by atoms with van der Waals surface area (Å²) < 4.78 is 31.5. The first kappa shape index (κ1) is 18.1. The van der Waals surface area contributed by atoms with E-state index >= 15 is 0 Å². The van der Waals surface area contributed by atoms with Crippen LogP contribution >= 0.6 is 11.3 Å². The van der Waals surface area contributed by atoms with Crippen LogP contribution in [-0.2, 0) is 14.8 Å². The van der Waals surface area contributed by atoms with Gasteiger partial charge >= 0.3 is 5.97 Å². The third kappa shape index (κ3) is 3.82. The van der Waals surface area contributed by atoms with Crippen molar-refractivity contribution < 1.29 is 23.1 Å². The van der Waals surface area contributed by atoms with Crippen LogP contribution in [0.1, 0.15) is 36.4 Å². The minimum Gasteiger partial charge on any atom is -0.465 e. The zero-order chi connectivity index (χ0) is 16.0. The van der Waals surface area contributed by atoms with E-state index < -0.39 is 16.0 Å². The highest BCUT2D eigenvalue weighted by atomic mass is 32.2. The van der Waals surface area contributed by atoms with Crippen molar-refractivity contribution in [3.8, 4) is 0 Å². The van der Waals surface area contributed by atoms with E-state index in [1.807, 2.05) is 13.8 Å². The summed E-state index contributed by atoms with van der Waals surface area (Å²) in [7, 11) is -2.63. The van der Waals surface area contributed by atoms with Gasteiger partial charge in [-0.05, 0) is 24.3 Å². The van der Waals surface area contributed by atoms with Crippen LogP contribution in [-0.4, -0.2) is 50.1 Å². The molecule has 0 saturated carbocycles. The molecule has 0 amide bonds. The molecular weight excluding hydrogens is 314 g/mol. The van der Waals surface area contributed by atoms with Gasteiger partial charge in [0.05, 0.1) is 13.7 Å². The van der Waals surface area contributed by atoms with E-state index in [0.29, 0.717) is 12.8 Å². The molecule has 0 aliphatic rings. The van der Waals surface area contributed by atoms with Gasteiger partial charge in [-0.15, -0.1) is 11.3 Å². The van der Waals surface area contributed by atoms with E-state index in [1.54, 1.807) is 5.38 Å². The third-order valence-electron chi connectivity index (χ3n) is 3.26. The lowest BCUT2D eigenvalue weighted by atomic mass is 10.2. The van der Waals surface area contributed by atoms with Crippen LogP contribution in [0.15, 0.2) is 16.3 Å². The van der Waals surface area contributed by atoms with Crippen LogP contribution in [0.5, 0.6) is 0 Å². The molecule has 0 radical (unpaired) electrons. The number of aliphatic hydroxyl groups excluding tert-OH is 1. The van der Waals surface area contributed by atoms with Gasteiger partial charge in [0.25, 0.3) is 0 Å². The van der Waals surface area contributed by atoms with Crippen LogP contribution in [0.25, 0.3) is 0 Å². The first-order valence-electron chi connectivity index (χ1n) is 6.72. The van der Waals surface area contributed by atoms with Gasteiger partial charge in [0.15, 0.2) is 0 Å². The summed E-state index contributed by atoms with van der Waals surface area (Å²) in [5.41, 5.74) is 0. The summed E-state index contributed by atoms with van der Waals surface area (Å²) in [6, 6.07) is 1.19. The van der Waals surface area contributed by atoms with Crippen molar-refractivity contribution in [2.75, 3.05) is 20.3 Å². The van der Waals surface area contributed by atoms with Crippen molar-refractivity contribution in [3.63, 3.8) is 0 Å². The van der Waals surface area contributed by atoms with Crippen LogP contribution < -0.4 is 0 Å². The summed E-state index contributed by atoms with van der Waals surface area (Å²) >= 11 is 1.03. The molecule has 1 aromatic rings. The monoisotopic (exact) mass is 335 g/mol. The number of carbonyl (C=O) groups is 1. The van der Waals surface area contributed by atoms with Crippen LogP contribution in [0.3, 0.4) is 0 Å². The number of nitrogens with zero attached hydrogens (tertiary/aromatic N) is 1.